The number of rotatable bonds is 3. The van der Waals surface area contributed by atoms with Gasteiger partial charge in [0.15, 0.2) is 0 Å². The van der Waals surface area contributed by atoms with Crippen LogP contribution >= 0.6 is 0 Å². The number of aliphatic carboxylic acids is 1. The van der Waals surface area contributed by atoms with E-state index in [1.165, 1.54) is 4.90 Å². The number of carboxylic acids is 1. The minimum Gasteiger partial charge on any atom is -0.481 e. The highest BCUT2D eigenvalue weighted by Gasteiger charge is 2.47. The molecule has 1 aromatic carbocycles. The molecule has 1 fully saturated rings. The number of carboxylic acid groups (broad SMARTS) is 1. The third kappa shape index (κ3) is 3.78. The lowest BCUT2D eigenvalue weighted by atomic mass is 9.81. The summed E-state index contributed by atoms with van der Waals surface area (Å²) in [6, 6.07) is 9.52. The maximum absolute atomic E-state index is 12.1. The van der Waals surface area contributed by atoms with Gasteiger partial charge in [0, 0.05) is 13.1 Å². The molecule has 0 bridgehead atoms. The van der Waals surface area contributed by atoms with Gasteiger partial charge in [-0.2, -0.15) is 0 Å². The molecule has 1 saturated heterocycles. The number of amides is 1. The van der Waals surface area contributed by atoms with E-state index in [2.05, 4.69) is 0 Å². The van der Waals surface area contributed by atoms with Gasteiger partial charge in [-0.25, -0.2) is 4.79 Å². The van der Waals surface area contributed by atoms with Crippen LogP contribution in [0.5, 0.6) is 0 Å². The minimum absolute atomic E-state index is 0.187. The summed E-state index contributed by atoms with van der Waals surface area (Å²) in [5, 5.41) is 9.68. The number of hydrogen-bond donors (Lipinski definition) is 1. The van der Waals surface area contributed by atoms with Crippen molar-refractivity contribution < 1.29 is 19.4 Å². The standard InChI is InChI=1S/C17H23NO4/c1-16(2,3)22-15(21)18-10-9-17(12-18,14(19)20)11-13-7-5-4-6-8-13/h4-8H,9-12H2,1-3H3,(H,19,20)/t17-/m0/s1. The summed E-state index contributed by atoms with van der Waals surface area (Å²) in [5.41, 5.74) is -0.542. The molecule has 120 valence electrons. The molecule has 0 aromatic heterocycles. The molecule has 1 aliphatic rings. The van der Waals surface area contributed by atoms with E-state index in [0.29, 0.717) is 19.4 Å². The van der Waals surface area contributed by atoms with Crippen molar-refractivity contribution in [2.75, 3.05) is 13.1 Å². The highest BCUT2D eigenvalue weighted by atomic mass is 16.6. The van der Waals surface area contributed by atoms with Crippen LogP contribution in [0.25, 0.3) is 0 Å². The molecule has 22 heavy (non-hydrogen) atoms. The highest BCUT2D eigenvalue weighted by molar-refractivity contribution is 5.78. The number of ether oxygens (including phenoxy) is 1. The molecule has 5 heteroatoms. The number of nitrogens with zero attached hydrogens (tertiary/aromatic N) is 1. The van der Waals surface area contributed by atoms with Crippen LogP contribution in [0.15, 0.2) is 30.3 Å². The summed E-state index contributed by atoms with van der Waals surface area (Å²) in [6.07, 6.45) is 0.419. The summed E-state index contributed by atoms with van der Waals surface area (Å²) in [5.74, 6) is -0.859. The Bertz CT molecular complexity index is 550. The molecular formula is C17H23NO4. The van der Waals surface area contributed by atoms with Gasteiger partial charge in [0.25, 0.3) is 0 Å². The first-order chi connectivity index (χ1) is 10.2. The molecule has 1 atom stereocenters. The minimum atomic E-state index is -0.932. The third-order valence-electron chi connectivity index (χ3n) is 3.84. The fourth-order valence-corrected chi connectivity index (χ4v) is 2.74. The largest absolute Gasteiger partial charge is 0.481 e. The normalized spacial score (nSPS) is 21.7. The van der Waals surface area contributed by atoms with Crippen LogP contribution < -0.4 is 0 Å². The summed E-state index contributed by atoms with van der Waals surface area (Å²) in [6.45, 7) is 6.00. The van der Waals surface area contributed by atoms with Gasteiger partial charge in [-0.3, -0.25) is 4.79 Å². The van der Waals surface area contributed by atoms with Crippen molar-refractivity contribution in [3.8, 4) is 0 Å². The molecule has 1 aromatic rings. The van der Waals surface area contributed by atoms with Crippen molar-refractivity contribution in [1.29, 1.82) is 0 Å². The zero-order valence-corrected chi connectivity index (χ0v) is 13.3. The smallest absolute Gasteiger partial charge is 0.410 e. The van der Waals surface area contributed by atoms with Gasteiger partial charge >= 0.3 is 12.1 Å². The van der Waals surface area contributed by atoms with Crippen LogP contribution in [-0.2, 0) is 16.0 Å². The quantitative estimate of drug-likeness (QED) is 0.932. The Kier molecular flexibility index (Phi) is 4.44. The number of benzene rings is 1. The zero-order valence-electron chi connectivity index (χ0n) is 13.3. The first-order valence-electron chi connectivity index (χ1n) is 7.47. The fraction of sp³-hybridized carbons (Fsp3) is 0.529. The van der Waals surface area contributed by atoms with E-state index in [4.69, 9.17) is 4.74 Å². The Hall–Kier alpha value is -2.04. The molecule has 2 rings (SSSR count). The predicted molar refractivity (Wildman–Crippen MR) is 82.6 cm³/mol. The van der Waals surface area contributed by atoms with Crippen LogP contribution in [0, 0.1) is 5.41 Å². The molecule has 1 N–H and O–H groups in total. The molecule has 0 aliphatic carbocycles. The molecule has 1 amide bonds. The van der Waals surface area contributed by atoms with E-state index in [-0.39, 0.29) is 6.54 Å². The van der Waals surface area contributed by atoms with Gasteiger partial charge in [-0.15, -0.1) is 0 Å². The molecule has 5 nitrogen and oxygen atoms in total. The van der Waals surface area contributed by atoms with Crippen molar-refractivity contribution in [2.45, 2.75) is 39.2 Å². The van der Waals surface area contributed by atoms with E-state index in [0.717, 1.165) is 5.56 Å². The second-order valence-electron chi connectivity index (χ2n) is 6.90. The van der Waals surface area contributed by atoms with E-state index in [1.807, 2.05) is 30.3 Å². The van der Waals surface area contributed by atoms with E-state index >= 15 is 0 Å². The average molecular weight is 305 g/mol. The second-order valence-corrected chi connectivity index (χ2v) is 6.90. The van der Waals surface area contributed by atoms with Crippen LogP contribution in [0.4, 0.5) is 4.79 Å². The number of likely N-dealkylation sites (tertiary alicyclic amines) is 1. The maximum Gasteiger partial charge on any atom is 0.410 e. The Morgan fingerprint density at radius 2 is 1.91 bits per heavy atom. The number of carbonyl (C=O) groups is 2. The van der Waals surface area contributed by atoms with Crippen molar-refractivity contribution >= 4 is 12.1 Å². The first-order valence-corrected chi connectivity index (χ1v) is 7.47. The average Bonchev–Trinajstić information content (AvgIpc) is 2.84. The Morgan fingerprint density at radius 1 is 1.27 bits per heavy atom. The van der Waals surface area contributed by atoms with Crippen molar-refractivity contribution in [3.05, 3.63) is 35.9 Å². The van der Waals surface area contributed by atoms with E-state index in [1.54, 1.807) is 20.8 Å². The number of hydrogen-bond acceptors (Lipinski definition) is 3. The van der Waals surface area contributed by atoms with E-state index in [9.17, 15) is 14.7 Å². The molecule has 0 spiro atoms. The molecule has 0 radical (unpaired) electrons. The van der Waals surface area contributed by atoms with Crippen LogP contribution in [0.1, 0.15) is 32.8 Å². The Balaban J connectivity index is 2.11. The molecule has 1 heterocycles. The van der Waals surface area contributed by atoms with Crippen molar-refractivity contribution in [3.63, 3.8) is 0 Å². The molecular weight excluding hydrogens is 282 g/mol. The van der Waals surface area contributed by atoms with Gasteiger partial charge < -0.3 is 14.7 Å². The van der Waals surface area contributed by atoms with Crippen LogP contribution in [-0.4, -0.2) is 40.8 Å². The predicted octanol–water partition coefficient (Wildman–Crippen LogP) is 2.94. The highest BCUT2D eigenvalue weighted by Crippen LogP contribution is 2.35. The topological polar surface area (TPSA) is 66.8 Å². The summed E-state index contributed by atoms with van der Waals surface area (Å²) in [4.78, 5) is 25.4. The summed E-state index contributed by atoms with van der Waals surface area (Å²) >= 11 is 0. The first kappa shape index (κ1) is 16.3. The SMILES string of the molecule is CC(C)(C)OC(=O)N1CC[C@@](Cc2ccccc2)(C(=O)O)C1. The number of carbonyl (C=O) groups excluding carboxylic acids is 1. The van der Waals surface area contributed by atoms with Gasteiger partial charge in [-0.1, -0.05) is 30.3 Å². The lowest BCUT2D eigenvalue weighted by Gasteiger charge is -2.27. The van der Waals surface area contributed by atoms with Crippen molar-refractivity contribution in [2.24, 2.45) is 5.41 Å². The van der Waals surface area contributed by atoms with Gasteiger partial charge in [-0.05, 0) is 39.2 Å². The van der Waals surface area contributed by atoms with Gasteiger partial charge in [0.2, 0.25) is 0 Å². The summed E-state index contributed by atoms with van der Waals surface area (Å²) in [7, 11) is 0. The molecule has 1 aliphatic heterocycles. The fourth-order valence-electron chi connectivity index (χ4n) is 2.74. The monoisotopic (exact) mass is 305 g/mol. The lowest BCUT2D eigenvalue weighted by Crippen LogP contribution is -2.40. The van der Waals surface area contributed by atoms with Crippen LogP contribution in [0.3, 0.4) is 0 Å². The lowest BCUT2D eigenvalue weighted by molar-refractivity contribution is -0.148. The summed E-state index contributed by atoms with van der Waals surface area (Å²) < 4.78 is 5.34. The van der Waals surface area contributed by atoms with E-state index < -0.39 is 23.1 Å². The Morgan fingerprint density at radius 3 is 2.45 bits per heavy atom. The molecule has 0 unspecified atom stereocenters. The second kappa shape index (κ2) is 5.99. The maximum atomic E-state index is 12.1. The van der Waals surface area contributed by atoms with Gasteiger partial charge in [0.1, 0.15) is 5.60 Å². The molecule has 0 saturated carbocycles. The third-order valence-corrected chi connectivity index (χ3v) is 3.84. The van der Waals surface area contributed by atoms with Crippen molar-refractivity contribution in [1.82, 2.24) is 4.90 Å². The van der Waals surface area contributed by atoms with Crippen LogP contribution in [0.2, 0.25) is 0 Å². The Labute approximate surface area is 130 Å². The zero-order chi connectivity index (χ0) is 16.4. The van der Waals surface area contributed by atoms with Gasteiger partial charge in [0.05, 0.1) is 5.41 Å².